The number of amides is 2. The Balaban J connectivity index is 1.52. The summed E-state index contributed by atoms with van der Waals surface area (Å²) < 4.78 is 5.43. The standard InChI is InChI=1S/C19H22ClN5O3/c1-19(2,3)28-18(27)23(4)12-8-24(9-12)16-17-22-15(26)10-25(17)14-7-11(20)5-6-13(14)21-16/h5-7,12H,8-10H2,1-4H3. The Morgan fingerprint density at radius 3 is 2.64 bits per heavy atom. The highest BCUT2D eigenvalue weighted by atomic mass is 35.5. The molecule has 0 N–H and O–H groups in total. The van der Waals surface area contributed by atoms with Crippen molar-refractivity contribution in [2.24, 2.45) is 9.98 Å². The van der Waals surface area contributed by atoms with Gasteiger partial charge in [0.25, 0.3) is 5.91 Å². The van der Waals surface area contributed by atoms with Gasteiger partial charge in [-0.05, 0) is 39.0 Å². The van der Waals surface area contributed by atoms with Crippen molar-refractivity contribution in [3.05, 3.63) is 23.2 Å². The van der Waals surface area contributed by atoms with Crippen LogP contribution >= 0.6 is 11.6 Å². The number of anilines is 1. The fourth-order valence-corrected chi connectivity index (χ4v) is 3.50. The predicted molar refractivity (Wildman–Crippen MR) is 108 cm³/mol. The number of amidine groups is 2. The largest absolute Gasteiger partial charge is 0.444 e. The van der Waals surface area contributed by atoms with Crippen molar-refractivity contribution in [1.82, 2.24) is 9.80 Å². The lowest BCUT2D eigenvalue weighted by molar-refractivity contribution is -0.115. The number of carbonyl (C=O) groups excluding carboxylic acids is 2. The van der Waals surface area contributed by atoms with E-state index in [4.69, 9.17) is 21.3 Å². The minimum Gasteiger partial charge on any atom is -0.444 e. The second-order valence-corrected chi connectivity index (χ2v) is 8.57. The van der Waals surface area contributed by atoms with Crippen LogP contribution in [-0.2, 0) is 9.53 Å². The Bertz CT molecular complexity index is 915. The van der Waals surface area contributed by atoms with Crippen LogP contribution in [-0.4, -0.2) is 71.8 Å². The van der Waals surface area contributed by atoms with E-state index in [9.17, 15) is 9.59 Å². The zero-order valence-electron chi connectivity index (χ0n) is 16.3. The van der Waals surface area contributed by atoms with Crippen LogP contribution in [0.4, 0.5) is 16.2 Å². The summed E-state index contributed by atoms with van der Waals surface area (Å²) in [6, 6.07) is 5.41. The average molecular weight is 404 g/mol. The number of benzene rings is 1. The van der Waals surface area contributed by atoms with Crippen molar-refractivity contribution in [1.29, 1.82) is 0 Å². The molecular formula is C19H22ClN5O3. The Kier molecular flexibility index (Phi) is 4.33. The minimum absolute atomic E-state index is 0.00955. The molecule has 0 aliphatic carbocycles. The third-order valence-electron chi connectivity index (χ3n) is 4.83. The highest BCUT2D eigenvalue weighted by molar-refractivity contribution is 6.50. The van der Waals surface area contributed by atoms with Crippen molar-refractivity contribution in [3.63, 3.8) is 0 Å². The van der Waals surface area contributed by atoms with Gasteiger partial charge >= 0.3 is 6.09 Å². The number of halogens is 1. The quantitative estimate of drug-likeness (QED) is 0.720. The molecule has 0 bridgehead atoms. The number of hydrogen-bond donors (Lipinski definition) is 0. The summed E-state index contributed by atoms with van der Waals surface area (Å²) >= 11 is 6.11. The van der Waals surface area contributed by atoms with Gasteiger partial charge in [0.15, 0.2) is 11.7 Å². The van der Waals surface area contributed by atoms with E-state index in [-0.39, 0.29) is 24.6 Å². The van der Waals surface area contributed by atoms with E-state index in [2.05, 4.69) is 4.99 Å². The molecule has 3 aliphatic heterocycles. The molecule has 0 unspecified atom stereocenters. The molecule has 9 heteroatoms. The molecule has 1 aromatic rings. The molecule has 8 nitrogen and oxygen atoms in total. The predicted octanol–water partition coefficient (Wildman–Crippen LogP) is 2.68. The van der Waals surface area contributed by atoms with E-state index < -0.39 is 5.60 Å². The Labute approximate surface area is 168 Å². The normalized spacial score (nSPS) is 18.8. The number of nitrogens with zero attached hydrogens (tertiary/aromatic N) is 5. The first kappa shape index (κ1) is 18.7. The molecule has 0 saturated carbocycles. The molecule has 1 saturated heterocycles. The lowest BCUT2D eigenvalue weighted by Gasteiger charge is -2.46. The molecule has 0 radical (unpaired) electrons. The molecule has 0 spiro atoms. The number of hydrogen-bond acceptors (Lipinski definition) is 6. The fourth-order valence-electron chi connectivity index (χ4n) is 3.33. The van der Waals surface area contributed by atoms with Gasteiger partial charge in [-0.25, -0.2) is 9.79 Å². The second-order valence-electron chi connectivity index (χ2n) is 8.13. The SMILES string of the molecule is CN(C(=O)OC(C)(C)C)C1CN(C2=Nc3ccc(Cl)cc3N3CC(=O)N=C23)C1. The smallest absolute Gasteiger partial charge is 0.410 e. The molecule has 2 amide bonds. The molecule has 1 fully saturated rings. The van der Waals surface area contributed by atoms with Crippen molar-refractivity contribution in [2.45, 2.75) is 32.4 Å². The van der Waals surface area contributed by atoms with E-state index in [0.717, 1.165) is 11.4 Å². The van der Waals surface area contributed by atoms with Crippen LogP contribution in [0.1, 0.15) is 20.8 Å². The molecule has 4 rings (SSSR count). The molecule has 0 atom stereocenters. The molecule has 0 aromatic heterocycles. The second kappa shape index (κ2) is 6.48. The Hall–Kier alpha value is -2.61. The van der Waals surface area contributed by atoms with Crippen LogP contribution in [0, 0.1) is 0 Å². The maximum absolute atomic E-state index is 12.3. The Morgan fingerprint density at radius 1 is 1.25 bits per heavy atom. The number of ether oxygens (including phenoxy) is 1. The summed E-state index contributed by atoms with van der Waals surface area (Å²) in [5, 5.41) is 0.582. The van der Waals surface area contributed by atoms with Crippen LogP contribution in [0.3, 0.4) is 0 Å². The molecular weight excluding hydrogens is 382 g/mol. The van der Waals surface area contributed by atoms with Crippen LogP contribution in [0.5, 0.6) is 0 Å². The number of rotatable bonds is 1. The monoisotopic (exact) mass is 403 g/mol. The minimum atomic E-state index is -0.535. The van der Waals surface area contributed by atoms with Crippen LogP contribution in [0.2, 0.25) is 5.02 Å². The third kappa shape index (κ3) is 3.32. The van der Waals surface area contributed by atoms with Gasteiger partial charge in [0.05, 0.1) is 17.4 Å². The summed E-state index contributed by atoms with van der Waals surface area (Å²) in [5.74, 6) is 0.978. The Morgan fingerprint density at radius 2 is 1.96 bits per heavy atom. The lowest BCUT2D eigenvalue weighted by atomic mass is 10.1. The first-order valence-electron chi connectivity index (χ1n) is 9.11. The first-order valence-corrected chi connectivity index (χ1v) is 9.48. The zero-order valence-corrected chi connectivity index (χ0v) is 17.0. The summed E-state index contributed by atoms with van der Waals surface area (Å²) in [5.41, 5.74) is 0.993. The van der Waals surface area contributed by atoms with Crippen LogP contribution in [0.25, 0.3) is 0 Å². The summed E-state index contributed by atoms with van der Waals surface area (Å²) in [7, 11) is 1.74. The van der Waals surface area contributed by atoms with E-state index in [0.29, 0.717) is 29.8 Å². The number of likely N-dealkylation sites (tertiary alicyclic amines) is 1. The van der Waals surface area contributed by atoms with Gasteiger partial charge in [-0.15, -0.1) is 0 Å². The number of fused-ring (bicyclic) bond motifs is 3. The molecule has 148 valence electrons. The molecule has 28 heavy (non-hydrogen) atoms. The van der Waals surface area contributed by atoms with Crippen LogP contribution < -0.4 is 4.90 Å². The summed E-state index contributed by atoms with van der Waals surface area (Å²) in [4.78, 5) is 38.6. The summed E-state index contributed by atoms with van der Waals surface area (Å²) in [6.07, 6.45) is -0.349. The van der Waals surface area contributed by atoms with Gasteiger partial charge in [-0.2, -0.15) is 4.99 Å². The van der Waals surface area contributed by atoms with Crippen molar-refractivity contribution in [2.75, 3.05) is 31.6 Å². The van der Waals surface area contributed by atoms with E-state index >= 15 is 0 Å². The zero-order chi connectivity index (χ0) is 20.2. The highest BCUT2D eigenvalue weighted by Gasteiger charge is 2.42. The third-order valence-corrected chi connectivity index (χ3v) is 5.06. The molecule has 3 heterocycles. The maximum atomic E-state index is 12.3. The van der Waals surface area contributed by atoms with Crippen LogP contribution in [0.15, 0.2) is 28.2 Å². The number of carbonyl (C=O) groups is 2. The van der Waals surface area contributed by atoms with Gasteiger partial charge in [0, 0.05) is 25.2 Å². The van der Waals surface area contributed by atoms with Gasteiger partial charge in [-0.3, -0.25) is 4.79 Å². The van der Waals surface area contributed by atoms with Gasteiger partial charge in [0.2, 0.25) is 0 Å². The lowest BCUT2D eigenvalue weighted by Crippen LogP contribution is -2.64. The highest BCUT2D eigenvalue weighted by Crippen LogP contribution is 2.38. The maximum Gasteiger partial charge on any atom is 0.410 e. The fraction of sp³-hybridized carbons (Fsp3) is 0.474. The average Bonchev–Trinajstić information content (AvgIpc) is 2.94. The van der Waals surface area contributed by atoms with Gasteiger partial charge < -0.3 is 19.4 Å². The van der Waals surface area contributed by atoms with E-state index in [1.165, 1.54) is 0 Å². The van der Waals surface area contributed by atoms with Gasteiger partial charge in [-0.1, -0.05) is 11.6 Å². The number of likely N-dealkylation sites (N-methyl/N-ethyl adjacent to an activating group) is 1. The molecule has 1 aromatic carbocycles. The van der Waals surface area contributed by atoms with Crippen molar-refractivity contribution >= 4 is 46.6 Å². The topological polar surface area (TPSA) is 77.8 Å². The summed E-state index contributed by atoms with van der Waals surface area (Å²) in [6.45, 7) is 6.90. The van der Waals surface area contributed by atoms with Crippen molar-refractivity contribution in [3.8, 4) is 0 Å². The van der Waals surface area contributed by atoms with Gasteiger partial charge in [0.1, 0.15) is 12.1 Å². The van der Waals surface area contributed by atoms with E-state index in [1.807, 2.05) is 36.6 Å². The number of aliphatic imine (C=N–C) groups is 2. The first-order chi connectivity index (χ1) is 13.1. The van der Waals surface area contributed by atoms with E-state index in [1.54, 1.807) is 24.1 Å². The molecule has 3 aliphatic rings. The van der Waals surface area contributed by atoms with Crippen molar-refractivity contribution < 1.29 is 14.3 Å².